The Labute approximate surface area is 173 Å². The number of carbonyl (C=O) groups is 2. The number of nitrogens with two attached hydrogens (primary N) is 1. The fourth-order valence-electron chi connectivity index (χ4n) is 2.21. The Morgan fingerprint density at radius 2 is 1.55 bits per heavy atom. The van der Waals surface area contributed by atoms with Crippen LogP contribution in [0.25, 0.3) is 0 Å². The Morgan fingerprint density at radius 3 is 2.03 bits per heavy atom. The summed E-state index contributed by atoms with van der Waals surface area (Å²) < 4.78 is 64.3. The number of benzene rings is 1. The van der Waals surface area contributed by atoms with E-state index in [0.717, 1.165) is 0 Å². The van der Waals surface area contributed by atoms with E-state index in [-0.39, 0.29) is 0 Å². The second-order valence-corrected chi connectivity index (χ2v) is 8.51. The van der Waals surface area contributed by atoms with Gasteiger partial charge in [0.15, 0.2) is 0 Å². The molecule has 18 heteroatoms. The third-order valence-corrected chi connectivity index (χ3v) is 5.11. The summed E-state index contributed by atoms with van der Waals surface area (Å²) in [5.74, 6) is -4.46. The lowest BCUT2D eigenvalue weighted by molar-refractivity contribution is -0.136. The first kappa shape index (κ1) is 23.7. The van der Waals surface area contributed by atoms with Crippen molar-refractivity contribution in [3.05, 3.63) is 18.2 Å². The van der Waals surface area contributed by atoms with E-state index in [1.807, 2.05) is 0 Å². The van der Waals surface area contributed by atoms with Gasteiger partial charge in [-0.1, -0.05) is 0 Å². The van der Waals surface area contributed by atoms with Gasteiger partial charge in [0.05, 0.1) is 10.6 Å². The minimum Gasteiger partial charge on any atom is -0.480 e. The number of hydrogen-bond acceptors (Lipinski definition) is 12. The van der Waals surface area contributed by atoms with Gasteiger partial charge in [-0.2, -0.15) is 31.8 Å². The van der Waals surface area contributed by atoms with Crippen molar-refractivity contribution in [3.8, 4) is 0 Å². The zero-order valence-corrected chi connectivity index (χ0v) is 16.7. The molecule has 0 saturated carbocycles. The van der Waals surface area contributed by atoms with Crippen LogP contribution in [0, 0.1) is 0 Å². The van der Waals surface area contributed by atoms with Crippen LogP contribution in [-0.4, -0.2) is 76.1 Å². The van der Waals surface area contributed by atoms with Gasteiger partial charge in [0.1, 0.15) is 18.0 Å². The number of nitrogens with one attached hydrogen (secondary N) is 1. The minimum atomic E-state index is -4.89. The van der Waals surface area contributed by atoms with E-state index in [4.69, 9.17) is 20.5 Å². The van der Waals surface area contributed by atoms with Gasteiger partial charge in [0.2, 0.25) is 17.8 Å². The number of nitrogen functional groups attached to an aromatic ring is 1. The monoisotopic (exact) mass is 478 g/mol. The first-order valence-corrected chi connectivity index (χ1v) is 10.6. The van der Waals surface area contributed by atoms with Crippen LogP contribution in [0.2, 0.25) is 0 Å². The molecule has 1 aromatic carbocycles. The van der Waals surface area contributed by atoms with E-state index >= 15 is 0 Å². The predicted octanol–water partition coefficient (Wildman–Crippen LogP) is -1.33. The number of anilines is 4. The molecule has 16 nitrogen and oxygen atoms in total. The maximum absolute atomic E-state index is 11.6. The van der Waals surface area contributed by atoms with Gasteiger partial charge in [-0.05, 0) is 18.2 Å². The zero-order valence-electron chi connectivity index (χ0n) is 15.1. The summed E-state index contributed by atoms with van der Waals surface area (Å²) in [5.41, 5.74) is 4.91. The van der Waals surface area contributed by atoms with Gasteiger partial charge in [-0.15, -0.1) is 0 Å². The molecule has 1 aromatic heterocycles. The van der Waals surface area contributed by atoms with Crippen LogP contribution in [0.3, 0.4) is 0 Å². The molecule has 168 valence electrons. The van der Waals surface area contributed by atoms with E-state index in [9.17, 15) is 31.0 Å². The SMILES string of the molecule is Nc1nc(Nc2cc(S(=O)(=O)O)ccc2S(=O)(=O)O)nc(N(CC(=O)O)CC(=O)O)n1. The standard InChI is InChI=1S/C13H14N6O10S2/c14-11-16-12(18-13(17-11)19(4-9(20)21)5-10(22)23)15-7-3-6(30(24,25)26)1-2-8(7)31(27,28)29/h1-3H,4-5H2,(H,20,21)(H,22,23)(H,24,25,26)(H,27,28,29)(H3,14,15,16,17,18). The number of carboxylic acids is 2. The molecular formula is C13H14N6O10S2. The molecule has 0 saturated heterocycles. The lowest BCUT2D eigenvalue weighted by Gasteiger charge is -2.19. The largest absolute Gasteiger partial charge is 0.480 e. The Kier molecular flexibility index (Phi) is 6.59. The van der Waals surface area contributed by atoms with Crippen LogP contribution < -0.4 is 16.0 Å². The van der Waals surface area contributed by atoms with Crippen molar-refractivity contribution in [1.82, 2.24) is 15.0 Å². The molecule has 0 aliphatic heterocycles. The molecule has 0 radical (unpaired) electrons. The Balaban J connectivity index is 2.58. The molecule has 0 atom stereocenters. The molecular weight excluding hydrogens is 464 g/mol. The molecule has 1 heterocycles. The summed E-state index contributed by atoms with van der Waals surface area (Å²) in [6, 6.07) is 2.02. The second-order valence-electron chi connectivity index (χ2n) is 5.69. The molecule has 0 spiro atoms. The Morgan fingerprint density at radius 1 is 0.968 bits per heavy atom. The highest BCUT2D eigenvalue weighted by Gasteiger charge is 2.22. The molecule has 0 aliphatic carbocycles. The fourth-order valence-corrected chi connectivity index (χ4v) is 3.35. The minimum absolute atomic E-state index is 0.515. The molecule has 7 N–H and O–H groups in total. The molecule has 2 aromatic rings. The molecule has 0 bridgehead atoms. The number of nitrogens with zero attached hydrogens (tertiary/aromatic N) is 4. The lowest BCUT2D eigenvalue weighted by atomic mass is 10.3. The van der Waals surface area contributed by atoms with Gasteiger partial charge in [0.25, 0.3) is 20.2 Å². The number of aromatic nitrogens is 3. The van der Waals surface area contributed by atoms with E-state index in [1.54, 1.807) is 0 Å². The van der Waals surface area contributed by atoms with Gasteiger partial charge in [0, 0.05) is 0 Å². The lowest BCUT2D eigenvalue weighted by Crippen LogP contribution is -2.36. The number of aliphatic carboxylic acids is 2. The highest BCUT2D eigenvalue weighted by atomic mass is 32.2. The molecule has 0 aliphatic rings. The van der Waals surface area contributed by atoms with E-state index in [0.29, 0.717) is 23.1 Å². The summed E-state index contributed by atoms with van der Waals surface area (Å²) in [6.07, 6.45) is 0. The predicted molar refractivity (Wildman–Crippen MR) is 101 cm³/mol. The second kappa shape index (κ2) is 8.63. The molecule has 31 heavy (non-hydrogen) atoms. The van der Waals surface area contributed by atoms with Crippen molar-refractivity contribution in [2.24, 2.45) is 0 Å². The average Bonchev–Trinajstić information content (AvgIpc) is 2.58. The smallest absolute Gasteiger partial charge is 0.323 e. The Hall–Kier alpha value is -3.61. The molecule has 0 fully saturated rings. The summed E-state index contributed by atoms with van der Waals surface area (Å²) in [6.45, 7) is -1.69. The fraction of sp³-hybridized carbons (Fsp3) is 0.154. The van der Waals surface area contributed by atoms with Crippen molar-refractivity contribution in [2.45, 2.75) is 9.79 Å². The quantitative estimate of drug-likeness (QED) is 0.228. The molecule has 2 rings (SSSR count). The van der Waals surface area contributed by atoms with Gasteiger partial charge in [-0.3, -0.25) is 18.7 Å². The van der Waals surface area contributed by atoms with Crippen molar-refractivity contribution in [1.29, 1.82) is 0 Å². The molecule has 0 unspecified atom stereocenters. The highest BCUT2D eigenvalue weighted by molar-refractivity contribution is 7.86. The van der Waals surface area contributed by atoms with Crippen LogP contribution >= 0.6 is 0 Å². The van der Waals surface area contributed by atoms with Crippen molar-refractivity contribution in [2.75, 3.05) is 29.0 Å². The first-order chi connectivity index (χ1) is 14.2. The summed E-state index contributed by atoms with van der Waals surface area (Å²) in [4.78, 5) is 32.1. The number of rotatable bonds is 9. The van der Waals surface area contributed by atoms with Crippen LogP contribution in [0.1, 0.15) is 0 Å². The van der Waals surface area contributed by atoms with Crippen molar-refractivity contribution < 1.29 is 45.7 Å². The summed E-state index contributed by atoms with van der Waals surface area (Å²) >= 11 is 0. The maximum Gasteiger partial charge on any atom is 0.323 e. The highest BCUT2D eigenvalue weighted by Crippen LogP contribution is 2.27. The van der Waals surface area contributed by atoms with Crippen LogP contribution in [-0.2, 0) is 29.8 Å². The van der Waals surface area contributed by atoms with Crippen LogP contribution in [0.4, 0.5) is 23.5 Å². The van der Waals surface area contributed by atoms with Crippen LogP contribution in [0.15, 0.2) is 28.0 Å². The number of carboxylic acid groups (broad SMARTS) is 2. The topological polar surface area (TPSA) is 263 Å². The van der Waals surface area contributed by atoms with Gasteiger partial charge in [-0.25, -0.2) is 0 Å². The van der Waals surface area contributed by atoms with E-state index in [2.05, 4.69) is 20.3 Å². The number of hydrogen-bond donors (Lipinski definition) is 6. The van der Waals surface area contributed by atoms with Crippen molar-refractivity contribution >= 4 is 55.7 Å². The van der Waals surface area contributed by atoms with Crippen molar-refractivity contribution in [3.63, 3.8) is 0 Å². The van der Waals surface area contributed by atoms with Gasteiger partial charge < -0.3 is 26.2 Å². The summed E-state index contributed by atoms with van der Waals surface area (Å²) in [7, 11) is -9.66. The summed E-state index contributed by atoms with van der Waals surface area (Å²) in [5, 5.41) is 20.1. The van der Waals surface area contributed by atoms with Crippen LogP contribution in [0.5, 0.6) is 0 Å². The third kappa shape index (κ3) is 6.44. The molecule has 0 amide bonds. The Bertz CT molecular complexity index is 1230. The third-order valence-electron chi connectivity index (χ3n) is 3.35. The average molecular weight is 478 g/mol. The van der Waals surface area contributed by atoms with E-state index < -0.39 is 78.6 Å². The van der Waals surface area contributed by atoms with E-state index in [1.165, 1.54) is 0 Å². The normalized spacial score (nSPS) is 11.7. The zero-order chi connectivity index (χ0) is 23.6. The first-order valence-electron chi connectivity index (χ1n) is 7.73. The van der Waals surface area contributed by atoms with Gasteiger partial charge >= 0.3 is 11.9 Å². The maximum atomic E-state index is 11.6.